The van der Waals surface area contributed by atoms with Crippen LogP contribution in [0.3, 0.4) is 0 Å². The van der Waals surface area contributed by atoms with Crippen molar-refractivity contribution in [3.8, 4) is 0 Å². The number of nitrogens with zero attached hydrogens (tertiary/aromatic N) is 2. The lowest BCUT2D eigenvalue weighted by molar-refractivity contribution is -0.123. The van der Waals surface area contributed by atoms with E-state index in [2.05, 4.69) is 10.3 Å². The summed E-state index contributed by atoms with van der Waals surface area (Å²) >= 11 is 0. The molecule has 0 saturated heterocycles. The molecule has 0 radical (unpaired) electrons. The van der Waals surface area contributed by atoms with Crippen molar-refractivity contribution in [1.29, 1.82) is 0 Å². The Bertz CT molecular complexity index is 428. The molecule has 0 unspecified atom stereocenters. The largest absolute Gasteiger partial charge is 0.394 e. The normalized spacial score (nSPS) is 12.5. The maximum absolute atomic E-state index is 11.6. The first-order valence-electron chi connectivity index (χ1n) is 5.46. The molecular weight excluding hydrogens is 222 g/mol. The number of nitrogens with one attached hydrogen (secondary N) is 1. The highest BCUT2D eigenvalue weighted by Crippen LogP contribution is 2.00. The van der Waals surface area contributed by atoms with E-state index in [0.29, 0.717) is 0 Å². The van der Waals surface area contributed by atoms with Crippen molar-refractivity contribution in [2.24, 2.45) is 5.92 Å². The molecule has 1 amide bonds. The van der Waals surface area contributed by atoms with Crippen LogP contribution >= 0.6 is 0 Å². The Morgan fingerprint density at radius 3 is 2.82 bits per heavy atom. The maximum atomic E-state index is 11.6. The number of aliphatic hydroxyl groups excluding tert-OH is 1. The van der Waals surface area contributed by atoms with Gasteiger partial charge in [-0.05, 0) is 12.0 Å². The first-order chi connectivity index (χ1) is 8.04. The van der Waals surface area contributed by atoms with E-state index in [1.54, 1.807) is 6.07 Å². The number of hydrogen-bond donors (Lipinski definition) is 2. The van der Waals surface area contributed by atoms with Crippen LogP contribution in [0, 0.1) is 5.92 Å². The summed E-state index contributed by atoms with van der Waals surface area (Å²) in [7, 11) is 0. The molecule has 94 valence electrons. The molecular formula is C11H17N3O3. The molecule has 0 bridgehead atoms. The van der Waals surface area contributed by atoms with Crippen LogP contribution in [-0.4, -0.2) is 33.2 Å². The molecule has 0 fully saturated rings. The number of aromatic nitrogens is 2. The molecule has 1 rings (SSSR count). The van der Waals surface area contributed by atoms with E-state index in [4.69, 9.17) is 5.11 Å². The third-order valence-corrected chi connectivity index (χ3v) is 2.44. The number of rotatable bonds is 5. The lowest BCUT2D eigenvalue weighted by atomic mass is 10.1. The minimum Gasteiger partial charge on any atom is -0.394 e. The first-order valence-corrected chi connectivity index (χ1v) is 5.46. The summed E-state index contributed by atoms with van der Waals surface area (Å²) in [6.07, 6.45) is 2.87. The van der Waals surface area contributed by atoms with Gasteiger partial charge in [0.1, 0.15) is 6.54 Å². The molecule has 2 N–H and O–H groups in total. The van der Waals surface area contributed by atoms with Gasteiger partial charge in [-0.3, -0.25) is 9.36 Å². The third kappa shape index (κ3) is 3.99. The Morgan fingerprint density at radius 2 is 2.29 bits per heavy atom. The maximum Gasteiger partial charge on any atom is 0.347 e. The fraction of sp³-hybridized carbons (Fsp3) is 0.545. The molecule has 17 heavy (non-hydrogen) atoms. The van der Waals surface area contributed by atoms with Crippen molar-refractivity contribution in [2.45, 2.75) is 26.4 Å². The number of carbonyl (C=O) groups excluding carboxylic acids is 1. The van der Waals surface area contributed by atoms with E-state index in [-0.39, 0.29) is 31.0 Å². The number of hydrogen-bond acceptors (Lipinski definition) is 4. The van der Waals surface area contributed by atoms with Crippen molar-refractivity contribution in [3.05, 3.63) is 28.9 Å². The van der Waals surface area contributed by atoms with E-state index in [0.717, 1.165) is 0 Å². The fourth-order valence-electron chi connectivity index (χ4n) is 1.34. The lowest BCUT2D eigenvalue weighted by Crippen LogP contribution is -2.43. The average Bonchev–Trinajstić information content (AvgIpc) is 2.28. The molecule has 0 aliphatic heterocycles. The molecule has 0 aromatic carbocycles. The van der Waals surface area contributed by atoms with E-state index in [1.165, 1.54) is 17.0 Å². The minimum absolute atomic E-state index is 0.0874. The molecule has 6 nitrogen and oxygen atoms in total. The molecule has 0 aliphatic carbocycles. The van der Waals surface area contributed by atoms with Gasteiger partial charge in [-0.25, -0.2) is 9.78 Å². The van der Waals surface area contributed by atoms with E-state index >= 15 is 0 Å². The molecule has 0 aliphatic rings. The second-order valence-corrected chi connectivity index (χ2v) is 4.13. The van der Waals surface area contributed by atoms with Gasteiger partial charge in [-0.2, -0.15) is 0 Å². The topological polar surface area (TPSA) is 84.2 Å². The molecule has 1 atom stereocenters. The van der Waals surface area contributed by atoms with Crippen molar-refractivity contribution >= 4 is 5.91 Å². The minimum atomic E-state index is -0.465. The van der Waals surface area contributed by atoms with Crippen molar-refractivity contribution in [1.82, 2.24) is 14.9 Å². The Hall–Kier alpha value is -1.69. The smallest absolute Gasteiger partial charge is 0.347 e. The van der Waals surface area contributed by atoms with Crippen LogP contribution in [0.5, 0.6) is 0 Å². The average molecular weight is 239 g/mol. The van der Waals surface area contributed by atoms with Crippen LogP contribution in [0.25, 0.3) is 0 Å². The van der Waals surface area contributed by atoms with Crippen molar-refractivity contribution in [3.63, 3.8) is 0 Å². The summed E-state index contributed by atoms with van der Waals surface area (Å²) in [5.74, 6) is -0.178. The van der Waals surface area contributed by atoms with Gasteiger partial charge >= 0.3 is 5.69 Å². The van der Waals surface area contributed by atoms with Gasteiger partial charge in [0.2, 0.25) is 5.91 Å². The summed E-state index contributed by atoms with van der Waals surface area (Å²) in [5.41, 5.74) is -0.465. The van der Waals surface area contributed by atoms with E-state index < -0.39 is 5.69 Å². The zero-order valence-corrected chi connectivity index (χ0v) is 9.96. The highest BCUT2D eigenvalue weighted by Gasteiger charge is 2.15. The Morgan fingerprint density at radius 1 is 1.59 bits per heavy atom. The highest BCUT2D eigenvalue weighted by molar-refractivity contribution is 5.76. The van der Waals surface area contributed by atoms with Gasteiger partial charge in [-0.15, -0.1) is 0 Å². The molecule has 1 heterocycles. The molecule has 6 heteroatoms. The number of carbonyl (C=O) groups is 1. The fourth-order valence-corrected chi connectivity index (χ4v) is 1.34. The zero-order valence-electron chi connectivity index (χ0n) is 9.96. The standard InChI is InChI=1S/C11H17N3O3/c1-8(2)9(7-15)13-10(16)6-14-5-3-4-12-11(14)17/h3-5,8-9,15H,6-7H2,1-2H3,(H,13,16)/t9-/m1/s1. The quantitative estimate of drug-likeness (QED) is 0.717. The molecule has 1 aromatic rings. The van der Waals surface area contributed by atoms with E-state index in [1.807, 2.05) is 13.8 Å². The Kier molecular flexibility index (Phi) is 4.84. The van der Waals surface area contributed by atoms with Crippen LogP contribution in [-0.2, 0) is 11.3 Å². The van der Waals surface area contributed by atoms with Crippen LogP contribution < -0.4 is 11.0 Å². The third-order valence-electron chi connectivity index (χ3n) is 2.44. The van der Waals surface area contributed by atoms with Gasteiger partial charge in [0.05, 0.1) is 12.6 Å². The molecule has 0 saturated carbocycles. The SMILES string of the molecule is CC(C)[C@@H](CO)NC(=O)Cn1cccnc1=O. The predicted octanol–water partition coefficient (Wildman–Crippen LogP) is -0.624. The lowest BCUT2D eigenvalue weighted by Gasteiger charge is -2.19. The second-order valence-electron chi connectivity index (χ2n) is 4.13. The highest BCUT2D eigenvalue weighted by atomic mass is 16.3. The number of amides is 1. The summed E-state index contributed by atoms with van der Waals surface area (Å²) < 4.78 is 1.21. The first kappa shape index (κ1) is 13.4. The van der Waals surface area contributed by atoms with Crippen LogP contribution in [0.2, 0.25) is 0 Å². The van der Waals surface area contributed by atoms with Gasteiger partial charge in [0, 0.05) is 12.4 Å². The summed E-state index contributed by atoms with van der Waals surface area (Å²) in [6.45, 7) is 3.59. The Balaban J connectivity index is 2.61. The van der Waals surface area contributed by atoms with Crippen LogP contribution in [0.1, 0.15) is 13.8 Å². The summed E-state index contributed by atoms with van der Waals surface area (Å²) in [4.78, 5) is 26.4. The monoisotopic (exact) mass is 239 g/mol. The molecule has 0 spiro atoms. The predicted molar refractivity (Wildman–Crippen MR) is 62.4 cm³/mol. The number of aliphatic hydroxyl groups is 1. The summed E-state index contributed by atoms with van der Waals surface area (Å²) in [5, 5.41) is 11.7. The van der Waals surface area contributed by atoms with Gasteiger partial charge < -0.3 is 10.4 Å². The van der Waals surface area contributed by atoms with Gasteiger partial charge in [0.25, 0.3) is 0 Å². The zero-order chi connectivity index (χ0) is 12.8. The van der Waals surface area contributed by atoms with E-state index in [9.17, 15) is 9.59 Å². The van der Waals surface area contributed by atoms with Crippen molar-refractivity contribution in [2.75, 3.05) is 6.61 Å². The van der Waals surface area contributed by atoms with Crippen molar-refractivity contribution < 1.29 is 9.90 Å². The van der Waals surface area contributed by atoms with Crippen LogP contribution in [0.4, 0.5) is 0 Å². The van der Waals surface area contributed by atoms with Gasteiger partial charge in [-0.1, -0.05) is 13.8 Å². The Labute approximate surface area is 99.3 Å². The van der Waals surface area contributed by atoms with Gasteiger partial charge in [0.15, 0.2) is 0 Å². The second kappa shape index (κ2) is 6.15. The molecule has 1 aromatic heterocycles. The summed E-state index contributed by atoms with van der Waals surface area (Å²) in [6, 6.07) is 1.29. The van der Waals surface area contributed by atoms with Crippen LogP contribution in [0.15, 0.2) is 23.3 Å².